The third kappa shape index (κ3) is 1.42. The SMILES string of the molecule is CCC1CNCC1(N)c1cccnc1. The molecule has 0 saturated carbocycles. The predicted molar refractivity (Wildman–Crippen MR) is 56.8 cm³/mol. The van der Waals surface area contributed by atoms with Crippen molar-refractivity contribution >= 4 is 0 Å². The summed E-state index contributed by atoms with van der Waals surface area (Å²) in [5, 5.41) is 3.36. The quantitative estimate of drug-likeness (QED) is 0.729. The molecule has 1 fully saturated rings. The molecule has 0 amide bonds. The summed E-state index contributed by atoms with van der Waals surface area (Å²) in [6.45, 7) is 4.06. The van der Waals surface area contributed by atoms with Crippen molar-refractivity contribution in [1.82, 2.24) is 10.3 Å². The van der Waals surface area contributed by atoms with Crippen molar-refractivity contribution < 1.29 is 0 Å². The van der Waals surface area contributed by atoms with E-state index in [9.17, 15) is 0 Å². The van der Waals surface area contributed by atoms with Crippen LogP contribution < -0.4 is 11.1 Å². The van der Waals surface area contributed by atoms with Crippen molar-refractivity contribution in [2.75, 3.05) is 13.1 Å². The molecule has 0 aliphatic carbocycles. The van der Waals surface area contributed by atoms with Gasteiger partial charge in [0, 0.05) is 25.5 Å². The summed E-state index contributed by atoms with van der Waals surface area (Å²) in [5.74, 6) is 0.520. The smallest absolute Gasteiger partial charge is 0.0591 e. The molecule has 0 bridgehead atoms. The van der Waals surface area contributed by atoms with E-state index in [2.05, 4.69) is 23.3 Å². The van der Waals surface area contributed by atoms with Gasteiger partial charge in [0.05, 0.1) is 5.54 Å². The standard InChI is InChI=1S/C11H17N3/c1-2-9-6-14-8-11(9,12)10-4-3-5-13-7-10/h3-5,7,9,14H,2,6,8,12H2,1H3. The van der Waals surface area contributed by atoms with Crippen LogP contribution in [0.2, 0.25) is 0 Å². The highest BCUT2D eigenvalue weighted by molar-refractivity contribution is 5.24. The zero-order valence-corrected chi connectivity index (χ0v) is 8.53. The molecule has 0 radical (unpaired) electrons. The first-order chi connectivity index (χ1) is 6.77. The molecule has 3 N–H and O–H groups in total. The zero-order valence-electron chi connectivity index (χ0n) is 8.53. The summed E-state index contributed by atoms with van der Waals surface area (Å²) < 4.78 is 0. The van der Waals surface area contributed by atoms with Crippen LogP contribution in [0.15, 0.2) is 24.5 Å². The normalized spacial score (nSPS) is 32.0. The van der Waals surface area contributed by atoms with Gasteiger partial charge >= 0.3 is 0 Å². The fourth-order valence-electron chi connectivity index (χ4n) is 2.26. The Hall–Kier alpha value is -0.930. The summed E-state index contributed by atoms with van der Waals surface area (Å²) in [6, 6.07) is 4.03. The lowest BCUT2D eigenvalue weighted by Gasteiger charge is -2.29. The second-order valence-electron chi connectivity index (χ2n) is 4.02. The van der Waals surface area contributed by atoms with E-state index in [0.29, 0.717) is 5.92 Å². The molecule has 3 nitrogen and oxygen atoms in total. The largest absolute Gasteiger partial charge is 0.320 e. The Morgan fingerprint density at radius 1 is 1.71 bits per heavy atom. The van der Waals surface area contributed by atoms with E-state index >= 15 is 0 Å². The minimum absolute atomic E-state index is 0.219. The van der Waals surface area contributed by atoms with Gasteiger partial charge in [-0.3, -0.25) is 4.98 Å². The molecule has 14 heavy (non-hydrogen) atoms. The molecule has 1 aliphatic rings. The Kier molecular flexibility index (Phi) is 2.52. The molecule has 0 spiro atoms. The molecule has 1 aliphatic heterocycles. The van der Waals surface area contributed by atoms with E-state index < -0.39 is 0 Å². The second-order valence-corrected chi connectivity index (χ2v) is 4.02. The number of rotatable bonds is 2. The number of pyridine rings is 1. The van der Waals surface area contributed by atoms with Gasteiger partial charge in [-0.1, -0.05) is 13.0 Å². The van der Waals surface area contributed by atoms with E-state index in [4.69, 9.17) is 5.73 Å². The third-order valence-corrected chi connectivity index (χ3v) is 3.23. The Morgan fingerprint density at radius 2 is 2.57 bits per heavy atom. The van der Waals surface area contributed by atoms with Crippen LogP contribution in [-0.2, 0) is 5.54 Å². The van der Waals surface area contributed by atoms with Crippen molar-refractivity contribution in [1.29, 1.82) is 0 Å². The maximum absolute atomic E-state index is 6.43. The molecule has 76 valence electrons. The molecule has 3 heteroatoms. The average Bonchev–Trinajstić information content (AvgIpc) is 2.62. The van der Waals surface area contributed by atoms with Crippen LogP contribution in [0.25, 0.3) is 0 Å². The van der Waals surface area contributed by atoms with E-state index in [1.807, 2.05) is 12.3 Å². The van der Waals surface area contributed by atoms with E-state index in [-0.39, 0.29) is 5.54 Å². The van der Waals surface area contributed by atoms with Crippen LogP contribution >= 0.6 is 0 Å². The van der Waals surface area contributed by atoms with Crippen LogP contribution in [0.3, 0.4) is 0 Å². The summed E-state index contributed by atoms with van der Waals surface area (Å²) in [7, 11) is 0. The lowest BCUT2D eigenvalue weighted by molar-refractivity contribution is 0.344. The van der Waals surface area contributed by atoms with Gasteiger partial charge in [0.2, 0.25) is 0 Å². The number of nitrogens with one attached hydrogen (secondary N) is 1. The van der Waals surface area contributed by atoms with E-state index in [1.165, 1.54) is 0 Å². The van der Waals surface area contributed by atoms with Crippen LogP contribution in [-0.4, -0.2) is 18.1 Å². The van der Waals surface area contributed by atoms with Gasteiger partial charge in [0.15, 0.2) is 0 Å². The van der Waals surface area contributed by atoms with Crippen LogP contribution in [0.1, 0.15) is 18.9 Å². The summed E-state index contributed by atoms with van der Waals surface area (Å²) in [5.41, 5.74) is 7.36. The summed E-state index contributed by atoms with van der Waals surface area (Å²) >= 11 is 0. The van der Waals surface area contributed by atoms with E-state index in [0.717, 1.165) is 25.1 Å². The molecule has 2 atom stereocenters. The van der Waals surface area contributed by atoms with Crippen molar-refractivity contribution in [2.24, 2.45) is 11.7 Å². The third-order valence-electron chi connectivity index (χ3n) is 3.23. The van der Waals surface area contributed by atoms with Crippen molar-refractivity contribution in [2.45, 2.75) is 18.9 Å². The highest BCUT2D eigenvalue weighted by atomic mass is 15.0. The minimum Gasteiger partial charge on any atom is -0.320 e. The summed E-state index contributed by atoms with van der Waals surface area (Å²) in [6.07, 6.45) is 4.78. The van der Waals surface area contributed by atoms with Gasteiger partial charge in [-0.15, -0.1) is 0 Å². The zero-order chi connectivity index (χ0) is 10.0. The van der Waals surface area contributed by atoms with Gasteiger partial charge in [0.25, 0.3) is 0 Å². The Morgan fingerprint density at radius 3 is 3.21 bits per heavy atom. The molecule has 1 saturated heterocycles. The average molecular weight is 191 g/mol. The highest BCUT2D eigenvalue weighted by Crippen LogP contribution is 2.31. The molecule has 2 rings (SSSR count). The fourth-order valence-corrected chi connectivity index (χ4v) is 2.26. The van der Waals surface area contributed by atoms with Gasteiger partial charge < -0.3 is 11.1 Å². The summed E-state index contributed by atoms with van der Waals surface area (Å²) in [4.78, 5) is 4.14. The second kappa shape index (κ2) is 3.67. The van der Waals surface area contributed by atoms with Crippen molar-refractivity contribution in [3.8, 4) is 0 Å². The first kappa shape index (κ1) is 9.62. The Labute approximate surface area is 84.7 Å². The number of hydrogen-bond donors (Lipinski definition) is 2. The molecule has 2 heterocycles. The van der Waals surface area contributed by atoms with Gasteiger partial charge in [-0.2, -0.15) is 0 Å². The van der Waals surface area contributed by atoms with Crippen LogP contribution in [0.4, 0.5) is 0 Å². The van der Waals surface area contributed by atoms with Crippen molar-refractivity contribution in [3.05, 3.63) is 30.1 Å². The lowest BCUT2D eigenvalue weighted by Crippen LogP contribution is -2.44. The Bertz CT molecular complexity index is 299. The fraction of sp³-hybridized carbons (Fsp3) is 0.545. The van der Waals surface area contributed by atoms with Gasteiger partial charge in [-0.25, -0.2) is 0 Å². The molecular weight excluding hydrogens is 174 g/mol. The lowest BCUT2D eigenvalue weighted by atomic mass is 9.81. The van der Waals surface area contributed by atoms with Crippen LogP contribution in [0.5, 0.6) is 0 Å². The van der Waals surface area contributed by atoms with Gasteiger partial charge in [0.1, 0.15) is 0 Å². The number of nitrogens with zero attached hydrogens (tertiary/aromatic N) is 1. The number of hydrogen-bond acceptors (Lipinski definition) is 3. The van der Waals surface area contributed by atoms with Crippen molar-refractivity contribution in [3.63, 3.8) is 0 Å². The van der Waals surface area contributed by atoms with Gasteiger partial charge in [-0.05, 0) is 24.0 Å². The predicted octanol–water partition coefficient (Wildman–Crippen LogP) is 0.865. The van der Waals surface area contributed by atoms with E-state index in [1.54, 1.807) is 6.20 Å². The molecule has 1 aromatic rings. The monoisotopic (exact) mass is 191 g/mol. The first-order valence-electron chi connectivity index (χ1n) is 5.17. The maximum Gasteiger partial charge on any atom is 0.0591 e. The molecule has 1 aromatic heterocycles. The minimum atomic E-state index is -0.219. The molecular formula is C11H17N3. The highest BCUT2D eigenvalue weighted by Gasteiger charge is 2.39. The first-order valence-corrected chi connectivity index (χ1v) is 5.17. The van der Waals surface area contributed by atoms with Crippen LogP contribution in [0, 0.1) is 5.92 Å². The molecule has 2 unspecified atom stereocenters. The number of nitrogens with two attached hydrogens (primary N) is 1. The maximum atomic E-state index is 6.43. The molecule has 0 aromatic carbocycles. The number of aromatic nitrogens is 1. The Balaban J connectivity index is 2.31. The topological polar surface area (TPSA) is 50.9 Å².